The number of aromatic hydroxyl groups is 1. The molecule has 2 aromatic carbocycles. The highest BCUT2D eigenvalue weighted by atomic mass is 16.5. The van der Waals surface area contributed by atoms with Crippen molar-refractivity contribution in [3.8, 4) is 17.1 Å². The molecular weight excluding hydrogens is 340 g/mol. The zero-order valence-corrected chi connectivity index (χ0v) is 15.5. The van der Waals surface area contributed by atoms with Crippen molar-refractivity contribution < 1.29 is 9.63 Å². The molecule has 0 saturated carbocycles. The van der Waals surface area contributed by atoms with Gasteiger partial charge < -0.3 is 14.5 Å². The molecule has 0 atom stereocenters. The molecule has 1 aliphatic heterocycles. The first-order valence-electron chi connectivity index (χ1n) is 9.39. The van der Waals surface area contributed by atoms with Gasteiger partial charge in [0.15, 0.2) is 0 Å². The van der Waals surface area contributed by atoms with Crippen LogP contribution in [-0.2, 0) is 13.0 Å². The summed E-state index contributed by atoms with van der Waals surface area (Å²) in [4.78, 5) is 9.21. The number of phenolic OH excluding ortho intramolecular Hbond substituents is 1. The quantitative estimate of drug-likeness (QED) is 0.749. The summed E-state index contributed by atoms with van der Waals surface area (Å²) in [5, 5.41) is 13.6. The van der Waals surface area contributed by atoms with E-state index < -0.39 is 0 Å². The van der Waals surface area contributed by atoms with Crippen molar-refractivity contribution in [3.05, 3.63) is 60.0 Å². The van der Waals surface area contributed by atoms with Gasteiger partial charge in [-0.2, -0.15) is 4.98 Å². The Bertz CT molecular complexity index is 866. The minimum absolute atomic E-state index is 0.300. The molecule has 140 valence electrons. The van der Waals surface area contributed by atoms with Gasteiger partial charge in [-0.3, -0.25) is 4.90 Å². The lowest BCUT2D eigenvalue weighted by Gasteiger charge is -2.35. The van der Waals surface area contributed by atoms with E-state index in [2.05, 4.69) is 39.0 Å². The molecule has 2 heterocycles. The van der Waals surface area contributed by atoms with Gasteiger partial charge in [-0.1, -0.05) is 36.3 Å². The Morgan fingerprint density at radius 3 is 2.33 bits per heavy atom. The molecule has 4 rings (SSSR count). The van der Waals surface area contributed by atoms with Gasteiger partial charge >= 0.3 is 0 Å². The molecule has 27 heavy (non-hydrogen) atoms. The third-order valence-corrected chi connectivity index (χ3v) is 5.03. The second-order valence-electron chi connectivity index (χ2n) is 6.84. The standard InChI is InChI=1S/C21H24N4O2/c1-2-16-3-5-17(6-4-16)21-22-20(27-23-21)15-24-11-13-25(14-12-24)18-7-9-19(26)10-8-18/h3-10,26H,2,11-15H2,1H3. The average molecular weight is 364 g/mol. The van der Waals surface area contributed by atoms with Crippen LogP contribution in [0.3, 0.4) is 0 Å². The molecule has 0 amide bonds. The van der Waals surface area contributed by atoms with Crippen molar-refractivity contribution in [2.45, 2.75) is 19.9 Å². The SMILES string of the molecule is CCc1ccc(-c2noc(CN3CCN(c4ccc(O)cc4)CC3)n2)cc1. The average Bonchev–Trinajstić information content (AvgIpc) is 3.18. The fraction of sp³-hybridized carbons (Fsp3) is 0.333. The Hall–Kier alpha value is -2.86. The summed E-state index contributed by atoms with van der Waals surface area (Å²) in [6.45, 7) is 6.55. The van der Waals surface area contributed by atoms with Crippen LogP contribution in [0.5, 0.6) is 5.75 Å². The molecule has 1 aliphatic rings. The van der Waals surface area contributed by atoms with E-state index in [1.807, 2.05) is 24.3 Å². The van der Waals surface area contributed by atoms with Crippen LogP contribution in [0.1, 0.15) is 18.4 Å². The lowest BCUT2D eigenvalue weighted by atomic mass is 10.1. The van der Waals surface area contributed by atoms with Crippen molar-refractivity contribution in [1.29, 1.82) is 0 Å². The molecule has 0 radical (unpaired) electrons. The first-order valence-corrected chi connectivity index (χ1v) is 9.39. The minimum Gasteiger partial charge on any atom is -0.508 e. The lowest BCUT2D eigenvalue weighted by Crippen LogP contribution is -2.46. The minimum atomic E-state index is 0.300. The van der Waals surface area contributed by atoms with E-state index in [9.17, 15) is 5.11 Å². The van der Waals surface area contributed by atoms with E-state index in [1.54, 1.807) is 12.1 Å². The van der Waals surface area contributed by atoms with Gasteiger partial charge in [0.05, 0.1) is 6.54 Å². The summed E-state index contributed by atoms with van der Waals surface area (Å²) in [7, 11) is 0. The Morgan fingerprint density at radius 2 is 1.67 bits per heavy atom. The molecular formula is C21H24N4O2. The molecule has 1 fully saturated rings. The summed E-state index contributed by atoms with van der Waals surface area (Å²) >= 11 is 0. The molecule has 0 spiro atoms. The maximum Gasteiger partial charge on any atom is 0.241 e. The van der Waals surface area contributed by atoms with E-state index in [0.29, 0.717) is 24.0 Å². The normalized spacial score (nSPS) is 15.2. The lowest BCUT2D eigenvalue weighted by molar-refractivity contribution is 0.215. The molecule has 3 aromatic rings. The van der Waals surface area contributed by atoms with Gasteiger partial charge in [-0.25, -0.2) is 0 Å². The van der Waals surface area contributed by atoms with Crippen LogP contribution in [0.2, 0.25) is 0 Å². The van der Waals surface area contributed by atoms with Gasteiger partial charge in [0.25, 0.3) is 0 Å². The van der Waals surface area contributed by atoms with Gasteiger partial charge in [0.2, 0.25) is 11.7 Å². The second-order valence-corrected chi connectivity index (χ2v) is 6.84. The van der Waals surface area contributed by atoms with Crippen LogP contribution in [0.25, 0.3) is 11.4 Å². The van der Waals surface area contributed by atoms with Crippen molar-refractivity contribution in [2.24, 2.45) is 0 Å². The van der Waals surface area contributed by atoms with Crippen LogP contribution in [0.4, 0.5) is 5.69 Å². The molecule has 0 aliphatic carbocycles. The van der Waals surface area contributed by atoms with Crippen LogP contribution in [-0.4, -0.2) is 46.3 Å². The summed E-state index contributed by atoms with van der Waals surface area (Å²) in [6.07, 6.45) is 1.02. The van der Waals surface area contributed by atoms with Crippen LogP contribution >= 0.6 is 0 Å². The number of hydrogen-bond acceptors (Lipinski definition) is 6. The van der Waals surface area contributed by atoms with Crippen molar-refractivity contribution in [3.63, 3.8) is 0 Å². The van der Waals surface area contributed by atoms with Crippen LogP contribution in [0.15, 0.2) is 53.1 Å². The first kappa shape index (κ1) is 17.5. The number of rotatable bonds is 5. The fourth-order valence-electron chi connectivity index (χ4n) is 3.34. The predicted molar refractivity (Wildman–Crippen MR) is 105 cm³/mol. The molecule has 1 saturated heterocycles. The number of benzene rings is 2. The number of aryl methyl sites for hydroxylation is 1. The molecule has 1 N–H and O–H groups in total. The third kappa shape index (κ3) is 4.11. The number of nitrogens with zero attached hydrogens (tertiary/aromatic N) is 4. The first-order chi connectivity index (χ1) is 13.2. The van der Waals surface area contributed by atoms with E-state index >= 15 is 0 Å². The Labute approximate surface area is 159 Å². The molecule has 0 bridgehead atoms. The topological polar surface area (TPSA) is 65.6 Å². The second kappa shape index (κ2) is 7.80. The number of hydrogen-bond donors (Lipinski definition) is 1. The van der Waals surface area contributed by atoms with E-state index in [0.717, 1.165) is 43.9 Å². The zero-order valence-electron chi connectivity index (χ0n) is 15.5. The molecule has 6 nitrogen and oxygen atoms in total. The Morgan fingerprint density at radius 1 is 0.963 bits per heavy atom. The Kier molecular flexibility index (Phi) is 5.07. The molecule has 0 unspecified atom stereocenters. The largest absolute Gasteiger partial charge is 0.508 e. The number of piperazine rings is 1. The van der Waals surface area contributed by atoms with Crippen molar-refractivity contribution in [2.75, 3.05) is 31.1 Å². The smallest absolute Gasteiger partial charge is 0.241 e. The monoisotopic (exact) mass is 364 g/mol. The summed E-state index contributed by atoms with van der Waals surface area (Å²) in [6, 6.07) is 15.7. The number of aromatic nitrogens is 2. The zero-order chi connectivity index (χ0) is 18.6. The van der Waals surface area contributed by atoms with E-state index in [-0.39, 0.29) is 0 Å². The van der Waals surface area contributed by atoms with E-state index in [1.165, 1.54) is 5.56 Å². The summed E-state index contributed by atoms with van der Waals surface area (Å²) in [5.74, 6) is 1.60. The van der Waals surface area contributed by atoms with Gasteiger partial charge in [0.1, 0.15) is 5.75 Å². The maximum atomic E-state index is 9.42. The van der Waals surface area contributed by atoms with Crippen molar-refractivity contribution in [1.82, 2.24) is 15.0 Å². The molecule has 1 aromatic heterocycles. The van der Waals surface area contributed by atoms with Crippen LogP contribution < -0.4 is 4.90 Å². The highest BCUT2D eigenvalue weighted by molar-refractivity contribution is 5.54. The summed E-state index contributed by atoms with van der Waals surface area (Å²) in [5.41, 5.74) is 3.43. The highest BCUT2D eigenvalue weighted by Crippen LogP contribution is 2.21. The number of anilines is 1. The van der Waals surface area contributed by atoms with Gasteiger partial charge in [0, 0.05) is 37.4 Å². The van der Waals surface area contributed by atoms with Gasteiger partial charge in [-0.05, 0) is 36.2 Å². The maximum absolute atomic E-state index is 9.42. The molecule has 6 heteroatoms. The predicted octanol–water partition coefficient (Wildman–Crippen LogP) is 3.33. The number of phenols is 1. The Balaban J connectivity index is 1.34. The van der Waals surface area contributed by atoms with Gasteiger partial charge in [-0.15, -0.1) is 0 Å². The van der Waals surface area contributed by atoms with E-state index in [4.69, 9.17) is 4.52 Å². The summed E-state index contributed by atoms with van der Waals surface area (Å²) < 4.78 is 5.46. The highest BCUT2D eigenvalue weighted by Gasteiger charge is 2.19. The van der Waals surface area contributed by atoms with Crippen molar-refractivity contribution >= 4 is 5.69 Å². The van der Waals surface area contributed by atoms with Crippen LogP contribution in [0, 0.1) is 0 Å². The fourth-order valence-corrected chi connectivity index (χ4v) is 3.34. The third-order valence-electron chi connectivity index (χ3n) is 5.03.